The molecule has 3 heteroatoms. The molecule has 0 amide bonds. The van der Waals surface area contributed by atoms with Crippen LogP contribution >= 0.6 is 0 Å². The highest BCUT2D eigenvalue weighted by molar-refractivity contribution is 5.82. The number of carbonyl (C=O) groups is 1. The third-order valence-corrected chi connectivity index (χ3v) is 4.01. The first-order chi connectivity index (χ1) is 8.96. The molecule has 19 heavy (non-hydrogen) atoms. The normalized spacial score (nSPS) is 22.7. The Hall–Kier alpha value is -1.22. The van der Waals surface area contributed by atoms with Crippen molar-refractivity contribution in [1.29, 1.82) is 0 Å². The van der Waals surface area contributed by atoms with Gasteiger partial charge in [-0.05, 0) is 36.9 Å². The van der Waals surface area contributed by atoms with Crippen molar-refractivity contribution >= 4 is 5.78 Å². The predicted octanol–water partition coefficient (Wildman–Crippen LogP) is 2.91. The van der Waals surface area contributed by atoms with Crippen molar-refractivity contribution in [1.82, 2.24) is 9.88 Å². The Morgan fingerprint density at radius 1 is 1.47 bits per heavy atom. The van der Waals surface area contributed by atoms with E-state index in [4.69, 9.17) is 0 Å². The zero-order valence-electron chi connectivity index (χ0n) is 12.2. The Kier molecular flexibility index (Phi) is 4.35. The lowest BCUT2D eigenvalue weighted by Gasteiger charge is -2.36. The molecule has 1 saturated carbocycles. The number of rotatable bonds is 4. The van der Waals surface area contributed by atoms with Gasteiger partial charge in [-0.3, -0.25) is 9.78 Å². The number of Topliss-reactive ketones (excluding diaryl/α,β-unsaturated/α-hetero) is 1. The standard InChI is InChI=1S/C16H24N2O/c1-16(2)7-6-15(19)14(9-16)12-18(3)11-13-5-4-8-17-10-13/h4-5,8,10,14H,6-7,9,11-12H2,1-3H3. The summed E-state index contributed by atoms with van der Waals surface area (Å²) in [5.74, 6) is 0.641. The fourth-order valence-electron chi connectivity index (χ4n) is 2.96. The molecule has 2 rings (SSSR count). The minimum Gasteiger partial charge on any atom is -0.301 e. The second kappa shape index (κ2) is 5.83. The molecule has 1 aliphatic carbocycles. The molecule has 0 aromatic carbocycles. The van der Waals surface area contributed by atoms with Gasteiger partial charge >= 0.3 is 0 Å². The number of ketones is 1. The summed E-state index contributed by atoms with van der Waals surface area (Å²) >= 11 is 0. The minimum atomic E-state index is 0.199. The maximum atomic E-state index is 12.0. The van der Waals surface area contributed by atoms with Gasteiger partial charge in [-0.1, -0.05) is 19.9 Å². The van der Waals surface area contributed by atoms with Crippen LogP contribution in [0.5, 0.6) is 0 Å². The summed E-state index contributed by atoms with van der Waals surface area (Å²) in [7, 11) is 2.09. The van der Waals surface area contributed by atoms with Crippen LogP contribution in [0.4, 0.5) is 0 Å². The molecule has 1 aromatic rings. The van der Waals surface area contributed by atoms with E-state index in [9.17, 15) is 4.79 Å². The molecule has 3 nitrogen and oxygen atoms in total. The van der Waals surface area contributed by atoms with Gasteiger partial charge in [0.1, 0.15) is 5.78 Å². The molecule has 1 unspecified atom stereocenters. The number of pyridine rings is 1. The summed E-state index contributed by atoms with van der Waals surface area (Å²) in [5.41, 5.74) is 1.51. The number of nitrogens with zero attached hydrogens (tertiary/aromatic N) is 2. The molecule has 1 atom stereocenters. The smallest absolute Gasteiger partial charge is 0.137 e. The van der Waals surface area contributed by atoms with Crippen LogP contribution in [0.3, 0.4) is 0 Å². The molecule has 1 aromatic heterocycles. The zero-order valence-corrected chi connectivity index (χ0v) is 12.2. The number of hydrogen-bond donors (Lipinski definition) is 0. The van der Waals surface area contributed by atoms with E-state index in [0.29, 0.717) is 11.2 Å². The highest BCUT2D eigenvalue weighted by Gasteiger charge is 2.33. The lowest BCUT2D eigenvalue weighted by molar-refractivity contribution is -0.127. The van der Waals surface area contributed by atoms with E-state index in [1.165, 1.54) is 5.56 Å². The van der Waals surface area contributed by atoms with Crippen LogP contribution in [-0.2, 0) is 11.3 Å². The second-order valence-corrected chi connectivity index (χ2v) is 6.59. The first kappa shape index (κ1) is 14.2. The quantitative estimate of drug-likeness (QED) is 0.834. The third-order valence-electron chi connectivity index (χ3n) is 4.01. The molecule has 0 spiro atoms. The molecule has 1 fully saturated rings. The van der Waals surface area contributed by atoms with Crippen molar-refractivity contribution in [2.75, 3.05) is 13.6 Å². The molecule has 0 radical (unpaired) electrons. The molecule has 1 aliphatic rings. The SMILES string of the molecule is CN(Cc1cccnc1)CC1CC(C)(C)CCC1=O. The first-order valence-electron chi connectivity index (χ1n) is 7.06. The van der Waals surface area contributed by atoms with Crippen molar-refractivity contribution in [2.45, 2.75) is 39.7 Å². The fraction of sp³-hybridized carbons (Fsp3) is 0.625. The Balaban J connectivity index is 1.91. The van der Waals surface area contributed by atoms with Crippen LogP contribution in [0.25, 0.3) is 0 Å². The van der Waals surface area contributed by atoms with E-state index in [-0.39, 0.29) is 5.92 Å². The van der Waals surface area contributed by atoms with E-state index in [2.05, 4.69) is 36.8 Å². The van der Waals surface area contributed by atoms with Gasteiger partial charge in [-0.25, -0.2) is 0 Å². The maximum absolute atomic E-state index is 12.0. The lowest BCUT2D eigenvalue weighted by Crippen LogP contribution is -2.37. The number of carbonyl (C=O) groups excluding carboxylic acids is 1. The summed E-state index contributed by atoms with van der Waals surface area (Å²) in [5, 5.41) is 0. The van der Waals surface area contributed by atoms with Crippen LogP contribution in [0.1, 0.15) is 38.7 Å². The molecular formula is C16H24N2O. The highest BCUT2D eigenvalue weighted by atomic mass is 16.1. The van der Waals surface area contributed by atoms with Crippen molar-refractivity contribution in [3.8, 4) is 0 Å². The summed E-state index contributed by atoms with van der Waals surface area (Å²) in [6, 6.07) is 4.04. The number of hydrogen-bond acceptors (Lipinski definition) is 3. The largest absolute Gasteiger partial charge is 0.301 e. The molecule has 0 aliphatic heterocycles. The van der Waals surface area contributed by atoms with Crippen LogP contribution in [0, 0.1) is 11.3 Å². The van der Waals surface area contributed by atoms with Crippen molar-refractivity contribution < 1.29 is 4.79 Å². The maximum Gasteiger partial charge on any atom is 0.137 e. The van der Waals surface area contributed by atoms with Gasteiger partial charge in [0.05, 0.1) is 0 Å². The van der Waals surface area contributed by atoms with Crippen LogP contribution in [0.2, 0.25) is 0 Å². The van der Waals surface area contributed by atoms with Crippen LogP contribution in [-0.4, -0.2) is 29.3 Å². The van der Waals surface area contributed by atoms with Gasteiger partial charge in [0.15, 0.2) is 0 Å². The van der Waals surface area contributed by atoms with E-state index in [1.807, 2.05) is 12.3 Å². The Labute approximate surface area is 116 Å². The average Bonchev–Trinajstić information content (AvgIpc) is 2.35. The summed E-state index contributed by atoms with van der Waals surface area (Å²) in [6.07, 6.45) is 6.48. The van der Waals surface area contributed by atoms with Gasteiger partial charge in [0.25, 0.3) is 0 Å². The van der Waals surface area contributed by atoms with E-state index < -0.39 is 0 Å². The van der Waals surface area contributed by atoms with Crippen molar-refractivity contribution in [3.63, 3.8) is 0 Å². The minimum absolute atomic E-state index is 0.199. The van der Waals surface area contributed by atoms with Gasteiger partial charge in [0, 0.05) is 37.8 Å². The number of aromatic nitrogens is 1. The summed E-state index contributed by atoms with van der Waals surface area (Å²) in [6.45, 7) is 6.26. The molecule has 0 saturated heterocycles. The first-order valence-corrected chi connectivity index (χ1v) is 7.06. The topological polar surface area (TPSA) is 33.2 Å². The van der Waals surface area contributed by atoms with Crippen LogP contribution in [0.15, 0.2) is 24.5 Å². The van der Waals surface area contributed by atoms with Crippen LogP contribution < -0.4 is 0 Å². The Morgan fingerprint density at radius 3 is 2.95 bits per heavy atom. The summed E-state index contributed by atoms with van der Waals surface area (Å²) in [4.78, 5) is 18.4. The van der Waals surface area contributed by atoms with Crippen molar-refractivity contribution in [3.05, 3.63) is 30.1 Å². The Bertz CT molecular complexity index is 428. The third kappa shape index (κ3) is 4.13. The molecule has 0 bridgehead atoms. The van der Waals surface area contributed by atoms with Crippen molar-refractivity contribution in [2.24, 2.45) is 11.3 Å². The van der Waals surface area contributed by atoms with Gasteiger partial charge in [-0.15, -0.1) is 0 Å². The van der Waals surface area contributed by atoms with Gasteiger partial charge in [0.2, 0.25) is 0 Å². The van der Waals surface area contributed by atoms with E-state index in [0.717, 1.165) is 32.4 Å². The monoisotopic (exact) mass is 260 g/mol. The molecular weight excluding hydrogens is 236 g/mol. The molecule has 0 N–H and O–H groups in total. The fourth-order valence-corrected chi connectivity index (χ4v) is 2.96. The summed E-state index contributed by atoms with van der Waals surface area (Å²) < 4.78 is 0. The average molecular weight is 260 g/mol. The second-order valence-electron chi connectivity index (χ2n) is 6.59. The van der Waals surface area contributed by atoms with Gasteiger partial charge in [-0.2, -0.15) is 0 Å². The molecule has 1 heterocycles. The lowest BCUT2D eigenvalue weighted by atomic mass is 9.71. The Morgan fingerprint density at radius 2 is 2.26 bits per heavy atom. The predicted molar refractivity (Wildman–Crippen MR) is 76.7 cm³/mol. The van der Waals surface area contributed by atoms with Gasteiger partial charge < -0.3 is 4.90 Å². The zero-order chi connectivity index (χ0) is 13.9. The highest BCUT2D eigenvalue weighted by Crippen LogP contribution is 2.37. The van der Waals surface area contributed by atoms with E-state index in [1.54, 1.807) is 6.20 Å². The molecule has 104 valence electrons. The van der Waals surface area contributed by atoms with E-state index >= 15 is 0 Å².